The van der Waals surface area contributed by atoms with Crippen LogP contribution in [0.25, 0.3) is 22.0 Å². The molecule has 3 heterocycles. The topological polar surface area (TPSA) is 132 Å². The number of benzene rings is 2. The van der Waals surface area contributed by atoms with E-state index in [0.29, 0.717) is 31.1 Å². The molecule has 0 radical (unpaired) electrons. The van der Waals surface area contributed by atoms with E-state index < -0.39 is 0 Å². The van der Waals surface area contributed by atoms with Crippen molar-refractivity contribution in [1.82, 2.24) is 24.8 Å². The van der Waals surface area contributed by atoms with E-state index in [1.54, 1.807) is 12.4 Å². The Kier molecular flexibility index (Phi) is 8.85. The molecule has 9 nitrogen and oxygen atoms in total. The molecule has 10 heteroatoms. The summed E-state index contributed by atoms with van der Waals surface area (Å²) in [6, 6.07) is 15.8. The van der Waals surface area contributed by atoms with Crippen LogP contribution in [0.15, 0.2) is 60.9 Å². The molecule has 0 saturated carbocycles. The average Bonchev–Trinajstić information content (AvgIpc) is 3.33. The van der Waals surface area contributed by atoms with E-state index in [-0.39, 0.29) is 36.1 Å². The number of piperidine rings is 1. The van der Waals surface area contributed by atoms with Gasteiger partial charge in [-0.2, -0.15) is 0 Å². The summed E-state index contributed by atoms with van der Waals surface area (Å²) in [5.41, 5.74) is 17.2. The Labute approximate surface area is 244 Å². The van der Waals surface area contributed by atoms with Gasteiger partial charge in [0.1, 0.15) is 0 Å². The number of fused-ring (bicyclic) bond motifs is 1. The Morgan fingerprint density at radius 3 is 2.61 bits per heavy atom. The molecule has 2 amide bonds. The summed E-state index contributed by atoms with van der Waals surface area (Å²) in [5.74, 6) is 0.445. The van der Waals surface area contributed by atoms with Crippen molar-refractivity contribution in [2.24, 2.45) is 5.73 Å². The van der Waals surface area contributed by atoms with Gasteiger partial charge in [0, 0.05) is 91.1 Å². The van der Waals surface area contributed by atoms with Crippen molar-refractivity contribution in [1.29, 1.82) is 0 Å². The van der Waals surface area contributed by atoms with Crippen molar-refractivity contribution in [3.8, 4) is 11.1 Å². The van der Waals surface area contributed by atoms with Crippen LogP contribution in [0.3, 0.4) is 0 Å². The SMILES string of the molecule is CC(=O)NCCn1c(C2CCCN(C(=O)CC(N)Cc3ccc(-c4cnc(N)nc4)cc3)C2)cc2c(Cl)cccc21. The van der Waals surface area contributed by atoms with Crippen molar-refractivity contribution < 1.29 is 9.59 Å². The van der Waals surface area contributed by atoms with Crippen LogP contribution in [-0.2, 0) is 22.6 Å². The molecule has 0 aliphatic carbocycles. The number of likely N-dealkylation sites (tertiary alicyclic amines) is 1. The number of nitrogen functional groups attached to an aromatic ring is 1. The molecular weight excluding hydrogens is 538 g/mol. The molecule has 5 rings (SSSR count). The highest BCUT2D eigenvalue weighted by molar-refractivity contribution is 6.35. The number of anilines is 1. The van der Waals surface area contributed by atoms with E-state index in [9.17, 15) is 9.59 Å². The van der Waals surface area contributed by atoms with Crippen LogP contribution in [0.5, 0.6) is 0 Å². The number of hydrogen-bond donors (Lipinski definition) is 3. The molecule has 1 aliphatic rings. The summed E-state index contributed by atoms with van der Waals surface area (Å²) in [5, 5.41) is 4.59. The normalized spacial score (nSPS) is 16.1. The lowest BCUT2D eigenvalue weighted by atomic mass is 9.93. The lowest BCUT2D eigenvalue weighted by molar-refractivity contribution is -0.132. The van der Waals surface area contributed by atoms with Gasteiger partial charge in [0.25, 0.3) is 0 Å². The molecule has 1 aliphatic heterocycles. The quantitative estimate of drug-likeness (QED) is 0.276. The summed E-state index contributed by atoms with van der Waals surface area (Å²) in [7, 11) is 0. The maximum absolute atomic E-state index is 13.3. The number of nitrogens with one attached hydrogen (secondary N) is 1. The van der Waals surface area contributed by atoms with Gasteiger partial charge in [-0.15, -0.1) is 0 Å². The largest absolute Gasteiger partial charge is 0.368 e. The predicted octanol–water partition coefficient (Wildman–Crippen LogP) is 4.14. The first-order valence-corrected chi connectivity index (χ1v) is 14.4. The predicted molar refractivity (Wildman–Crippen MR) is 162 cm³/mol. The van der Waals surface area contributed by atoms with Crippen molar-refractivity contribution in [3.63, 3.8) is 0 Å². The van der Waals surface area contributed by atoms with Crippen molar-refractivity contribution >= 4 is 40.3 Å². The highest BCUT2D eigenvalue weighted by Gasteiger charge is 2.28. The van der Waals surface area contributed by atoms with Crippen LogP contribution in [0.1, 0.15) is 43.4 Å². The zero-order valence-electron chi connectivity index (χ0n) is 23.2. The van der Waals surface area contributed by atoms with Crippen molar-refractivity contribution in [2.75, 3.05) is 25.4 Å². The second kappa shape index (κ2) is 12.7. The summed E-state index contributed by atoms with van der Waals surface area (Å²) < 4.78 is 2.24. The first-order chi connectivity index (χ1) is 19.8. The Bertz CT molecular complexity index is 1520. The van der Waals surface area contributed by atoms with E-state index in [2.05, 4.69) is 32.0 Å². The third kappa shape index (κ3) is 6.86. The molecule has 1 fully saturated rings. The number of hydrogen-bond acceptors (Lipinski definition) is 6. The number of carbonyl (C=O) groups is 2. The third-order valence-corrected chi connectivity index (χ3v) is 8.05. The Morgan fingerprint density at radius 2 is 1.88 bits per heavy atom. The van der Waals surface area contributed by atoms with Crippen LogP contribution in [-0.4, -0.2) is 56.9 Å². The first-order valence-electron chi connectivity index (χ1n) is 14.0. The molecule has 1 saturated heterocycles. The summed E-state index contributed by atoms with van der Waals surface area (Å²) >= 11 is 6.54. The van der Waals surface area contributed by atoms with Crippen LogP contribution in [0.2, 0.25) is 5.02 Å². The number of nitrogens with two attached hydrogens (primary N) is 2. The smallest absolute Gasteiger partial charge is 0.224 e. The van der Waals surface area contributed by atoms with Gasteiger partial charge in [0.15, 0.2) is 0 Å². The fourth-order valence-corrected chi connectivity index (χ4v) is 5.92. The molecule has 2 atom stereocenters. The first kappa shape index (κ1) is 28.6. The minimum Gasteiger partial charge on any atom is -0.368 e. The fourth-order valence-electron chi connectivity index (χ4n) is 5.69. The van der Waals surface area contributed by atoms with E-state index in [4.69, 9.17) is 23.1 Å². The van der Waals surface area contributed by atoms with Crippen LogP contribution in [0.4, 0.5) is 5.95 Å². The molecule has 214 valence electrons. The minimum absolute atomic E-state index is 0.0563. The van der Waals surface area contributed by atoms with Crippen molar-refractivity contribution in [2.45, 2.75) is 51.1 Å². The molecule has 0 spiro atoms. The average molecular weight is 574 g/mol. The number of rotatable bonds is 9. The van der Waals surface area contributed by atoms with Crippen LogP contribution in [0, 0.1) is 0 Å². The number of aromatic nitrogens is 3. The maximum atomic E-state index is 13.3. The molecule has 0 bridgehead atoms. The Balaban J connectivity index is 1.23. The van der Waals surface area contributed by atoms with Gasteiger partial charge in [-0.3, -0.25) is 9.59 Å². The number of amides is 2. The molecule has 4 aromatic rings. The number of nitrogens with zero attached hydrogens (tertiary/aromatic N) is 4. The van der Waals surface area contributed by atoms with Gasteiger partial charge < -0.3 is 26.3 Å². The second-order valence-electron chi connectivity index (χ2n) is 10.8. The summed E-state index contributed by atoms with van der Waals surface area (Å²) in [6.45, 7) is 4.05. The third-order valence-electron chi connectivity index (χ3n) is 7.72. The van der Waals surface area contributed by atoms with Gasteiger partial charge in [-0.25, -0.2) is 9.97 Å². The molecule has 2 aromatic heterocycles. The van der Waals surface area contributed by atoms with Gasteiger partial charge in [0.2, 0.25) is 17.8 Å². The van der Waals surface area contributed by atoms with Crippen molar-refractivity contribution in [3.05, 3.63) is 77.2 Å². The fraction of sp³-hybridized carbons (Fsp3) is 0.355. The molecule has 2 aromatic carbocycles. The maximum Gasteiger partial charge on any atom is 0.224 e. The lowest BCUT2D eigenvalue weighted by Gasteiger charge is -2.34. The van der Waals surface area contributed by atoms with E-state index in [1.807, 2.05) is 41.3 Å². The number of halogens is 1. The zero-order chi connectivity index (χ0) is 28.9. The van der Waals surface area contributed by atoms with E-state index in [0.717, 1.165) is 52.7 Å². The van der Waals surface area contributed by atoms with Crippen LogP contribution < -0.4 is 16.8 Å². The Hall–Kier alpha value is -3.95. The highest BCUT2D eigenvalue weighted by Crippen LogP contribution is 2.34. The molecule has 41 heavy (non-hydrogen) atoms. The molecule has 2 unspecified atom stereocenters. The van der Waals surface area contributed by atoms with E-state index >= 15 is 0 Å². The lowest BCUT2D eigenvalue weighted by Crippen LogP contribution is -2.42. The van der Waals surface area contributed by atoms with Gasteiger partial charge >= 0.3 is 0 Å². The monoisotopic (exact) mass is 573 g/mol. The van der Waals surface area contributed by atoms with E-state index in [1.165, 1.54) is 6.92 Å². The zero-order valence-corrected chi connectivity index (χ0v) is 24.0. The highest BCUT2D eigenvalue weighted by atomic mass is 35.5. The van der Waals surface area contributed by atoms with Gasteiger partial charge in [-0.05, 0) is 48.6 Å². The van der Waals surface area contributed by atoms with Gasteiger partial charge in [-0.1, -0.05) is 41.9 Å². The summed E-state index contributed by atoms with van der Waals surface area (Å²) in [6.07, 6.45) is 6.20. The van der Waals surface area contributed by atoms with Crippen LogP contribution >= 0.6 is 11.6 Å². The second-order valence-corrected chi connectivity index (χ2v) is 11.2. The molecular formula is C31H36ClN7O2. The summed E-state index contributed by atoms with van der Waals surface area (Å²) in [4.78, 5) is 34.9. The van der Waals surface area contributed by atoms with Gasteiger partial charge in [0.05, 0.1) is 0 Å². The molecule has 5 N–H and O–H groups in total. The standard InChI is InChI=1S/C31H36ClN7O2/c1-20(40)35-11-13-39-28-6-2-5-27(32)26(28)16-29(39)23-4-3-12-38(19-23)30(41)15-25(33)14-21-7-9-22(10-8-21)24-17-36-31(34)37-18-24/h2,5-10,16-18,23,25H,3-4,11-15,19,33H2,1H3,(H,35,40)(H2,34,36,37). The Morgan fingerprint density at radius 1 is 1.12 bits per heavy atom. The number of carbonyl (C=O) groups excluding carboxylic acids is 2. The minimum atomic E-state index is -0.281.